The fourth-order valence-electron chi connectivity index (χ4n) is 2.53. The summed E-state index contributed by atoms with van der Waals surface area (Å²) in [6, 6.07) is 9.16. The molecule has 1 aromatic carbocycles. The smallest absolute Gasteiger partial charge is 0.240 e. The highest BCUT2D eigenvalue weighted by Crippen LogP contribution is 2.27. The summed E-state index contributed by atoms with van der Waals surface area (Å²) < 4.78 is 46.3. The fourth-order valence-corrected chi connectivity index (χ4v) is 4.52. The maximum absolute atomic E-state index is 13.2. The molecule has 0 aliphatic heterocycles. The van der Waals surface area contributed by atoms with Crippen molar-refractivity contribution in [1.82, 2.24) is 4.72 Å². The molecule has 7 heteroatoms. The summed E-state index contributed by atoms with van der Waals surface area (Å²) in [6.45, 7) is 1.73. The van der Waals surface area contributed by atoms with E-state index in [0.29, 0.717) is 11.3 Å². The summed E-state index contributed by atoms with van der Waals surface area (Å²) in [5.41, 5.74) is 1.35. The number of aryl methyl sites for hydroxylation is 1. The highest BCUT2D eigenvalue weighted by atomic mass is 32.2. The van der Waals surface area contributed by atoms with Gasteiger partial charge in [-0.05, 0) is 65.2 Å². The van der Waals surface area contributed by atoms with Crippen LogP contribution >= 0.6 is 11.3 Å². The third kappa shape index (κ3) is 3.58. The first-order valence-electron chi connectivity index (χ1n) is 7.29. The zero-order chi connectivity index (χ0) is 17.2. The van der Waals surface area contributed by atoms with Crippen LogP contribution in [-0.2, 0) is 10.0 Å². The molecule has 0 fully saturated rings. The molecule has 3 rings (SSSR count). The number of sulfonamides is 1. The number of hydrogen-bond acceptors (Lipinski definition) is 4. The molecule has 24 heavy (non-hydrogen) atoms. The van der Waals surface area contributed by atoms with Crippen LogP contribution in [0, 0.1) is 12.7 Å². The average Bonchev–Trinajstić information content (AvgIpc) is 3.20. The standard InChI is InChI=1S/C17H16FNO3S2/c1-12-9-14(18)4-5-17(12)24(20,21)19-10-15(13-6-8-23-11-13)16-3-2-7-22-16/h2-9,11,15,19H,10H2,1H3. The number of furan rings is 1. The van der Waals surface area contributed by atoms with Crippen molar-refractivity contribution in [1.29, 1.82) is 0 Å². The van der Waals surface area contributed by atoms with E-state index in [1.807, 2.05) is 22.9 Å². The van der Waals surface area contributed by atoms with E-state index < -0.39 is 15.8 Å². The lowest BCUT2D eigenvalue weighted by Crippen LogP contribution is -2.29. The quantitative estimate of drug-likeness (QED) is 0.721. The van der Waals surface area contributed by atoms with Gasteiger partial charge >= 0.3 is 0 Å². The Morgan fingerprint density at radius 2 is 2.12 bits per heavy atom. The van der Waals surface area contributed by atoms with Gasteiger partial charge in [0.15, 0.2) is 0 Å². The minimum atomic E-state index is -3.74. The monoisotopic (exact) mass is 365 g/mol. The van der Waals surface area contributed by atoms with Gasteiger partial charge in [0.25, 0.3) is 0 Å². The molecule has 0 amide bonds. The van der Waals surface area contributed by atoms with Gasteiger partial charge in [-0.3, -0.25) is 0 Å². The number of benzene rings is 1. The first-order valence-corrected chi connectivity index (χ1v) is 9.71. The summed E-state index contributed by atoms with van der Waals surface area (Å²) in [5.74, 6) is 0.00638. The van der Waals surface area contributed by atoms with Gasteiger partial charge in [-0.15, -0.1) is 0 Å². The number of hydrogen-bond donors (Lipinski definition) is 1. The van der Waals surface area contributed by atoms with E-state index in [4.69, 9.17) is 4.42 Å². The van der Waals surface area contributed by atoms with Gasteiger partial charge in [0.2, 0.25) is 10.0 Å². The Morgan fingerprint density at radius 3 is 2.75 bits per heavy atom. The highest BCUT2D eigenvalue weighted by Gasteiger charge is 2.23. The molecule has 0 spiro atoms. The van der Waals surface area contributed by atoms with Crippen LogP contribution in [0.5, 0.6) is 0 Å². The minimum Gasteiger partial charge on any atom is -0.469 e. The minimum absolute atomic E-state index is 0.0763. The Labute approximate surface area is 144 Å². The lowest BCUT2D eigenvalue weighted by Gasteiger charge is -2.15. The van der Waals surface area contributed by atoms with Gasteiger partial charge in [0, 0.05) is 6.54 Å². The SMILES string of the molecule is Cc1cc(F)ccc1S(=O)(=O)NCC(c1ccsc1)c1ccco1. The molecular formula is C17H16FNO3S2. The van der Waals surface area contributed by atoms with Crippen LogP contribution < -0.4 is 4.72 Å². The third-order valence-electron chi connectivity index (χ3n) is 3.74. The van der Waals surface area contributed by atoms with E-state index in [2.05, 4.69) is 4.72 Å². The largest absolute Gasteiger partial charge is 0.469 e. The second-order valence-electron chi connectivity index (χ2n) is 5.39. The van der Waals surface area contributed by atoms with Crippen LogP contribution in [0.25, 0.3) is 0 Å². The topological polar surface area (TPSA) is 59.3 Å². The lowest BCUT2D eigenvalue weighted by molar-refractivity contribution is 0.481. The van der Waals surface area contributed by atoms with Crippen molar-refractivity contribution in [3.63, 3.8) is 0 Å². The zero-order valence-electron chi connectivity index (χ0n) is 12.9. The molecule has 1 atom stereocenters. The van der Waals surface area contributed by atoms with E-state index in [1.54, 1.807) is 19.3 Å². The van der Waals surface area contributed by atoms with Crippen molar-refractivity contribution in [2.24, 2.45) is 0 Å². The molecule has 0 saturated heterocycles. The van der Waals surface area contributed by atoms with E-state index >= 15 is 0 Å². The second kappa shape index (κ2) is 6.88. The number of thiophene rings is 1. The van der Waals surface area contributed by atoms with Gasteiger partial charge in [-0.2, -0.15) is 11.3 Å². The molecule has 0 saturated carbocycles. The summed E-state index contributed by atoms with van der Waals surface area (Å²) in [5, 5.41) is 3.90. The average molecular weight is 365 g/mol. The van der Waals surface area contributed by atoms with Crippen LogP contribution in [-0.4, -0.2) is 15.0 Å². The molecule has 2 heterocycles. The van der Waals surface area contributed by atoms with Crippen LogP contribution in [0.3, 0.4) is 0 Å². The first kappa shape index (κ1) is 16.9. The van der Waals surface area contributed by atoms with Crippen LogP contribution in [0.2, 0.25) is 0 Å². The Kier molecular flexibility index (Phi) is 4.84. The third-order valence-corrected chi connectivity index (χ3v) is 6.02. The van der Waals surface area contributed by atoms with Gasteiger partial charge in [-0.1, -0.05) is 0 Å². The molecule has 0 aliphatic carbocycles. The van der Waals surface area contributed by atoms with Crippen LogP contribution in [0.4, 0.5) is 4.39 Å². The van der Waals surface area contributed by atoms with Crippen molar-refractivity contribution in [2.45, 2.75) is 17.7 Å². The molecule has 4 nitrogen and oxygen atoms in total. The Morgan fingerprint density at radius 1 is 1.29 bits per heavy atom. The molecule has 1 N–H and O–H groups in total. The summed E-state index contributed by atoms with van der Waals surface area (Å²) in [7, 11) is -3.74. The molecule has 3 aromatic rings. The van der Waals surface area contributed by atoms with Gasteiger partial charge in [-0.25, -0.2) is 17.5 Å². The maximum Gasteiger partial charge on any atom is 0.240 e. The normalized spacial score (nSPS) is 13.1. The van der Waals surface area contributed by atoms with Crippen molar-refractivity contribution < 1.29 is 17.2 Å². The van der Waals surface area contributed by atoms with Crippen molar-refractivity contribution >= 4 is 21.4 Å². The molecule has 0 aliphatic rings. The van der Waals surface area contributed by atoms with Crippen molar-refractivity contribution in [3.05, 3.63) is 76.1 Å². The van der Waals surface area contributed by atoms with E-state index in [9.17, 15) is 12.8 Å². The Hall–Kier alpha value is -1.96. The van der Waals surface area contributed by atoms with Gasteiger partial charge in [0.05, 0.1) is 17.1 Å². The summed E-state index contributed by atoms with van der Waals surface area (Å²) in [6.07, 6.45) is 1.56. The number of halogens is 1. The van der Waals surface area contributed by atoms with Gasteiger partial charge in [0.1, 0.15) is 11.6 Å². The molecule has 0 radical (unpaired) electrons. The fraction of sp³-hybridized carbons (Fsp3) is 0.176. The molecule has 2 aromatic heterocycles. The predicted octanol–water partition coefficient (Wildman–Crippen LogP) is 3.90. The van der Waals surface area contributed by atoms with Crippen molar-refractivity contribution in [2.75, 3.05) is 6.54 Å². The predicted molar refractivity (Wildman–Crippen MR) is 91.2 cm³/mol. The number of nitrogens with one attached hydrogen (secondary N) is 1. The summed E-state index contributed by atoms with van der Waals surface area (Å²) >= 11 is 1.54. The Bertz CT molecular complexity index is 869. The molecule has 0 bridgehead atoms. The van der Waals surface area contributed by atoms with Crippen molar-refractivity contribution in [3.8, 4) is 0 Å². The first-order chi connectivity index (χ1) is 11.5. The highest BCUT2D eigenvalue weighted by molar-refractivity contribution is 7.89. The lowest BCUT2D eigenvalue weighted by atomic mass is 10.00. The second-order valence-corrected chi connectivity index (χ2v) is 7.90. The van der Waals surface area contributed by atoms with E-state index in [1.165, 1.54) is 23.5 Å². The summed E-state index contributed by atoms with van der Waals surface area (Å²) in [4.78, 5) is 0.0763. The van der Waals surface area contributed by atoms with E-state index in [0.717, 1.165) is 11.6 Å². The van der Waals surface area contributed by atoms with Crippen LogP contribution in [0.1, 0.15) is 22.8 Å². The molecule has 126 valence electrons. The molecular weight excluding hydrogens is 349 g/mol. The Balaban J connectivity index is 1.84. The molecule has 1 unspecified atom stereocenters. The number of rotatable bonds is 6. The van der Waals surface area contributed by atoms with E-state index in [-0.39, 0.29) is 17.4 Å². The zero-order valence-corrected chi connectivity index (χ0v) is 14.5. The van der Waals surface area contributed by atoms with Crippen LogP contribution in [0.15, 0.2) is 62.7 Å². The maximum atomic E-state index is 13.2. The van der Waals surface area contributed by atoms with Gasteiger partial charge < -0.3 is 4.42 Å².